The SMILES string of the molecule is C[C@@]1(C(=O)Nc2ccc(N3CCC(CN4CCN(c5ccc6c(c5)C(=O)N(C5CCC(=O)NC5=O)C6=O)CC4)CC3)nn2)CC[C@@H](Oc2ccc(C#N)c(Cl)c2)C1. The van der Waals surface area contributed by atoms with Gasteiger partial charge in [0.1, 0.15) is 17.9 Å². The molecule has 15 nitrogen and oxygen atoms in total. The topological polar surface area (TPSA) is 181 Å². The predicted molar refractivity (Wildman–Crippen MR) is 210 cm³/mol. The summed E-state index contributed by atoms with van der Waals surface area (Å²) in [5.41, 5.74) is 1.23. The number of benzene rings is 2. The largest absolute Gasteiger partial charge is 0.490 e. The normalized spacial score (nSPS) is 24.3. The molecule has 16 heteroatoms. The Balaban J connectivity index is 0.772. The molecule has 4 fully saturated rings. The van der Waals surface area contributed by atoms with Gasteiger partial charge in [-0.3, -0.25) is 39.1 Å². The van der Waals surface area contributed by atoms with Crippen LogP contribution in [0, 0.1) is 22.7 Å². The minimum Gasteiger partial charge on any atom is -0.490 e. The minimum absolute atomic E-state index is 0.0871. The molecule has 0 radical (unpaired) electrons. The fourth-order valence-corrected chi connectivity index (χ4v) is 8.94. The third-order valence-corrected chi connectivity index (χ3v) is 12.4. The Bertz CT molecular complexity index is 2140. The molecule has 5 aliphatic rings. The van der Waals surface area contributed by atoms with E-state index in [-0.39, 0.29) is 30.4 Å². The molecule has 1 aliphatic carbocycles. The van der Waals surface area contributed by atoms with Crippen LogP contribution in [0.1, 0.15) is 78.1 Å². The monoisotopic (exact) mass is 793 g/mol. The number of imide groups is 2. The number of piperidine rings is 2. The highest BCUT2D eigenvalue weighted by Gasteiger charge is 2.45. The molecule has 4 aliphatic heterocycles. The zero-order valence-corrected chi connectivity index (χ0v) is 32.5. The van der Waals surface area contributed by atoms with E-state index in [0.29, 0.717) is 46.5 Å². The maximum absolute atomic E-state index is 13.3. The number of anilines is 3. The fraction of sp³-hybridized carbons (Fsp3) is 0.463. The molecule has 8 rings (SSSR count). The number of piperazine rings is 1. The number of rotatable bonds is 9. The molecule has 57 heavy (non-hydrogen) atoms. The van der Waals surface area contributed by atoms with Gasteiger partial charge in [0.15, 0.2) is 11.6 Å². The Kier molecular flexibility index (Phi) is 10.6. The van der Waals surface area contributed by atoms with Crippen molar-refractivity contribution in [3.8, 4) is 11.8 Å². The second-order valence-corrected chi connectivity index (χ2v) is 16.3. The number of nitrogens with one attached hydrogen (secondary N) is 2. The van der Waals surface area contributed by atoms with E-state index in [1.165, 1.54) is 0 Å². The van der Waals surface area contributed by atoms with Gasteiger partial charge in [-0.15, -0.1) is 10.2 Å². The van der Waals surface area contributed by atoms with Gasteiger partial charge in [0.2, 0.25) is 17.7 Å². The second kappa shape index (κ2) is 15.7. The van der Waals surface area contributed by atoms with E-state index >= 15 is 0 Å². The lowest BCUT2D eigenvalue weighted by atomic mass is 9.87. The number of nitriles is 1. The molecule has 3 saturated heterocycles. The third kappa shape index (κ3) is 7.88. The number of amides is 5. The molecule has 3 atom stereocenters. The van der Waals surface area contributed by atoms with Gasteiger partial charge in [-0.1, -0.05) is 18.5 Å². The second-order valence-electron chi connectivity index (χ2n) is 15.9. The Morgan fingerprint density at radius 1 is 0.930 bits per heavy atom. The first-order valence-corrected chi connectivity index (χ1v) is 20.0. The number of nitrogens with zero attached hydrogens (tertiary/aromatic N) is 7. The number of hydrogen-bond donors (Lipinski definition) is 2. The van der Waals surface area contributed by atoms with Crippen molar-refractivity contribution in [3.63, 3.8) is 0 Å². The van der Waals surface area contributed by atoms with Gasteiger partial charge in [-0.05, 0) is 86.9 Å². The molecule has 3 aromatic rings. The lowest BCUT2D eigenvalue weighted by Crippen LogP contribution is -2.54. The number of carbonyl (C=O) groups excluding carboxylic acids is 5. The smallest absolute Gasteiger partial charge is 0.262 e. The average molecular weight is 794 g/mol. The molecule has 296 valence electrons. The third-order valence-electron chi connectivity index (χ3n) is 12.1. The average Bonchev–Trinajstić information content (AvgIpc) is 3.71. The highest BCUT2D eigenvalue weighted by Crippen LogP contribution is 2.41. The predicted octanol–water partition coefficient (Wildman–Crippen LogP) is 4.02. The summed E-state index contributed by atoms with van der Waals surface area (Å²) in [5, 5.41) is 23.4. The Morgan fingerprint density at radius 2 is 1.70 bits per heavy atom. The number of halogens is 1. The molecule has 5 heterocycles. The number of aromatic nitrogens is 2. The van der Waals surface area contributed by atoms with Crippen molar-refractivity contribution in [2.24, 2.45) is 11.3 Å². The first kappa shape index (κ1) is 38.3. The first-order valence-electron chi connectivity index (χ1n) is 19.6. The van der Waals surface area contributed by atoms with Crippen molar-refractivity contribution in [2.75, 3.05) is 60.9 Å². The quantitative estimate of drug-likeness (QED) is 0.298. The van der Waals surface area contributed by atoms with Crippen molar-refractivity contribution < 1.29 is 28.7 Å². The lowest BCUT2D eigenvalue weighted by molar-refractivity contribution is -0.136. The number of carbonyl (C=O) groups is 5. The van der Waals surface area contributed by atoms with E-state index in [0.717, 1.165) is 81.5 Å². The summed E-state index contributed by atoms with van der Waals surface area (Å²) >= 11 is 6.16. The maximum Gasteiger partial charge on any atom is 0.262 e. The molecular formula is C41H44ClN9O6. The van der Waals surface area contributed by atoms with Gasteiger partial charge in [0.25, 0.3) is 11.8 Å². The molecular weight excluding hydrogens is 750 g/mol. The number of fused-ring (bicyclic) bond motifs is 1. The van der Waals surface area contributed by atoms with Crippen LogP contribution in [0.15, 0.2) is 48.5 Å². The highest BCUT2D eigenvalue weighted by molar-refractivity contribution is 6.31. The van der Waals surface area contributed by atoms with E-state index < -0.39 is 35.1 Å². The van der Waals surface area contributed by atoms with Gasteiger partial charge in [0, 0.05) is 64.0 Å². The van der Waals surface area contributed by atoms with Crippen LogP contribution >= 0.6 is 11.6 Å². The molecule has 1 saturated carbocycles. The Morgan fingerprint density at radius 3 is 2.40 bits per heavy atom. The van der Waals surface area contributed by atoms with Crippen LogP contribution in [0.5, 0.6) is 5.75 Å². The van der Waals surface area contributed by atoms with Crippen LogP contribution in [-0.4, -0.2) is 107 Å². The summed E-state index contributed by atoms with van der Waals surface area (Å²) < 4.78 is 6.10. The summed E-state index contributed by atoms with van der Waals surface area (Å²) in [7, 11) is 0. The standard InChI is InChI=1S/C41H44ClN9O6/c1-41(13-10-29(22-41)57-28-4-2-26(23-43)32(42)21-28)40(56)44-34-7-8-35(47-46-34)50-14-11-25(12-15-50)24-48-16-18-49(19-17-48)27-3-5-30-31(20-27)39(55)51(38(30)54)33-6-9-36(52)45-37(33)53/h2-5,7-8,20-21,25,29,33H,6,9-19,22,24H2,1H3,(H,44,46,56)(H,45,52,53)/t29-,33?,41-/m1/s1. The van der Waals surface area contributed by atoms with Crippen LogP contribution < -0.4 is 25.2 Å². The van der Waals surface area contributed by atoms with Crippen LogP contribution in [-0.2, 0) is 14.4 Å². The van der Waals surface area contributed by atoms with Crippen molar-refractivity contribution >= 4 is 58.5 Å². The molecule has 0 bridgehead atoms. The van der Waals surface area contributed by atoms with E-state index in [1.54, 1.807) is 36.4 Å². The maximum atomic E-state index is 13.3. The van der Waals surface area contributed by atoms with Gasteiger partial charge >= 0.3 is 0 Å². The molecule has 0 spiro atoms. The molecule has 1 aromatic heterocycles. The summed E-state index contributed by atoms with van der Waals surface area (Å²) in [5.74, 6) is 0.216. The minimum atomic E-state index is -0.978. The summed E-state index contributed by atoms with van der Waals surface area (Å²) in [6.45, 7) is 8.01. The lowest BCUT2D eigenvalue weighted by Gasteiger charge is -2.39. The number of ether oxygens (including phenoxy) is 1. The van der Waals surface area contributed by atoms with Crippen LogP contribution in [0.25, 0.3) is 0 Å². The molecule has 1 unspecified atom stereocenters. The Hall–Kier alpha value is -5.59. The van der Waals surface area contributed by atoms with Crippen LogP contribution in [0.4, 0.5) is 17.3 Å². The highest BCUT2D eigenvalue weighted by atomic mass is 35.5. The van der Waals surface area contributed by atoms with Gasteiger partial charge in [-0.25, -0.2) is 0 Å². The zero-order valence-electron chi connectivity index (χ0n) is 31.7. The molecule has 2 aromatic carbocycles. The first-order chi connectivity index (χ1) is 27.5. The van der Waals surface area contributed by atoms with Gasteiger partial charge in [0.05, 0.1) is 33.2 Å². The van der Waals surface area contributed by atoms with E-state index in [9.17, 15) is 24.0 Å². The zero-order chi connectivity index (χ0) is 39.8. The molecule has 5 amide bonds. The van der Waals surface area contributed by atoms with Crippen LogP contribution in [0.2, 0.25) is 5.02 Å². The van der Waals surface area contributed by atoms with E-state index in [4.69, 9.17) is 21.6 Å². The van der Waals surface area contributed by atoms with Crippen molar-refractivity contribution in [2.45, 2.75) is 64.0 Å². The summed E-state index contributed by atoms with van der Waals surface area (Å²) in [6.07, 6.45) is 4.06. The molecule has 2 N–H and O–H groups in total. The van der Waals surface area contributed by atoms with Gasteiger partial charge < -0.3 is 19.9 Å². The van der Waals surface area contributed by atoms with E-state index in [2.05, 4.69) is 35.5 Å². The summed E-state index contributed by atoms with van der Waals surface area (Å²) in [6, 6.07) is 15.1. The number of hydrogen-bond acceptors (Lipinski definition) is 12. The fourth-order valence-electron chi connectivity index (χ4n) is 8.73. The van der Waals surface area contributed by atoms with Crippen molar-refractivity contribution in [3.05, 3.63) is 70.2 Å². The van der Waals surface area contributed by atoms with Crippen molar-refractivity contribution in [1.29, 1.82) is 5.26 Å². The Labute approximate surface area is 335 Å². The summed E-state index contributed by atoms with van der Waals surface area (Å²) in [4.78, 5) is 71.7. The van der Waals surface area contributed by atoms with Crippen LogP contribution in [0.3, 0.4) is 0 Å². The van der Waals surface area contributed by atoms with Gasteiger partial charge in [-0.2, -0.15) is 5.26 Å². The van der Waals surface area contributed by atoms with Crippen molar-refractivity contribution in [1.82, 2.24) is 25.3 Å². The van der Waals surface area contributed by atoms with E-state index in [1.807, 2.05) is 25.1 Å².